The van der Waals surface area contributed by atoms with Gasteiger partial charge in [0.05, 0.1) is 6.42 Å². The van der Waals surface area contributed by atoms with E-state index in [9.17, 15) is 9.59 Å². The number of amides is 2. The van der Waals surface area contributed by atoms with Gasteiger partial charge in [-0.25, -0.2) is 0 Å². The van der Waals surface area contributed by atoms with Gasteiger partial charge in [0.25, 0.3) is 0 Å². The topological polar surface area (TPSA) is 70.2 Å². The third-order valence-electron chi connectivity index (χ3n) is 2.99. The summed E-state index contributed by atoms with van der Waals surface area (Å²) in [5.41, 5.74) is 2.27. The molecule has 24 heavy (non-hydrogen) atoms. The average Bonchev–Trinajstić information content (AvgIpc) is 2.51. The van der Waals surface area contributed by atoms with Crippen LogP contribution in [0.5, 0.6) is 0 Å². The summed E-state index contributed by atoms with van der Waals surface area (Å²) in [4.78, 5) is 22.9. The molecule has 0 aromatic heterocycles. The van der Waals surface area contributed by atoms with Crippen LogP contribution in [0.2, 0.25) is 5.02 Å². The van der Waals surface area contributed by atoms with Crippen LogP contribution in [-0.2, 0) is 16.0 Å². The minimum atomic E-state index is -0.237. The predicted molar refractivity (Wildman–Crippen MR) is 100 cm³/mol. The molecular weight excluding hydrogens is 346 g/mol. The van der Waals surface area contributed by atoms with Crippen molar-refractivity contribution < 1.29 is 9.59 Å². The molecule has 2 aromatic carbocycles. The molecule has 124 valence electrons. The van der Waals surface area contributed by atoms with Crippen molar-refractivity contribution in [2.24, 2.45) is 0 Å². The molecule has 0 fully saturated rings. The van der Waals surface area contributed by atoms with Crippen molar-refractivity contribution in [3.05, 3.63) is 59.1 Å². The van der Waals surface area contributed by atoms with E-state index in [0.29, 0.717) is 16.4 Å². The molecule has 7 heteroatoms. The molecule has 0 aliphatic heterocycles. The van der Waals surface area contributed by atoms with Crippen molar-refractivity contribution in [2.45, 2.75) is 13.3 Å². The lowest BCUT2D eigenvalue weighted by Crippen LogP contribution is -2.32. The van der Waals surface area contributed by atoms with Gasteiger partial charge in [0.1, 0.15) is 0 Å². The van der Waals surface area contributed by atoms with E-state index in [0.717, 1.165) is 5.56 Å². The summed E-state index contributed by atoms with van der Waals surface area (Å²) in [5, 5.41) is 9.02. The summed E-state index contributed by atoms with van der Waals surface area (Å²) >= 11 is 10.8. The number of hydrogen-bond donors (Lipinski definition) is 3. The van der Waals surface area contributed by atoms with Crippen LogP contribution >= 0.6 is 23.8 Å². The second-order valence-electron chi connectivity index (χ2n) is 5.06. The highest BCUT2D eigenvalue weighted by atomic mass is 35.5. The first-order valence-electron chi connectivity index (χ1n) is 7.15. The number of benzene rings is 2. The van der Waals surface area contributed by atoms with Gasteiger partial charge in [0.2, 0.25) is 11.8 Å². The van der Waals surface area contributed by atoms with Gasteiger partial charge < -0.3 is 16.0 Å². The maximum atomic E-state index is 12.0. The molecule has 0 saturated heterocycles. The number of carbonyl (C=O) groups is 2. The lowest BCUT2D eigenvalue weighted by Gasteiger charge is -2.09. The number of anilines is 2. The monoisotopic (exact) mass is 361 g/mol. The molecular formula is C17H16ClN3O2S. The van der Waals surface area contributed by atoms with Gasteiger partial charge in [-0.15, -0.1) is 0 Å². The molecule has 3 N–H and O–H groups in total. The molecule has 0 bridgehead atoms. The molecule has 0 saturated carbocycles. The SMILES string of the molecule is CC(=O)NC(=S)Nc1ccc(NC(=O)Cc2ccc(Cl)cc2)cc1. The number of halogens is 1. The van der Waals surface area contributed by atoms with E-state index in [2.05, 4.69) is 16.0 Å². The van der Waals surface area contributed by atoms with Gasteiger partial charge in [0, 0.05) is 23.3 Å². The Morgan fingerprint density at radius 1 is 0.958 bits per heavy atom. The lowest BCUT2D eigenvalue weighted by molar-refractivity contribution is -0.117. The van der Waals surface area contributed by atoms with Crippen LogP contribution < -0.4 is 16.0 Å². The van der Waals surface area contributed by atoms with Crippen LogP contribution in [0.4, 0.5) is 11.4 Å². The molecule has 2 rings (SSSR count). The largest absolute Gasteiger partial charge is 0.332 e. The zero-order valence-electron chi connectivity index (χ0n) is 12.9. The van der Waals surface area contributed by atoms with E-state index in [1.807, 2.05) is 12.1 Å². The fourth-order valence-corrected chi connectivity index (χ4v) is 2.34. The number of hydrogen-bond acceptors (Lipinski definition) is 3. The van der Waals surface area contributed by atoms with E-state index >= 15 is 0 Å². The lowest BCUT2D eigenvalue weighted by atomic mass is 10.1. The van der Waals surface area contributed by atoms with Crippen LogP contribution in [0.1, 0.15) is 12.5 Å². The minimum Gasteiger partial charge on any atom is -0.332 e. The predicted octanol–water partition coefficient (Wildman–Crippen LogP) is 3.35. The summed E-state index contributed by atoms with van der Waals surface area (Å²) < 4.78 is 0. The molecule has 5 nitrogen and oxygen atoms in total. The van der Waals surface area contributed by atoms with Gasteiger partial charge in [-0.1, -0.05) is 23.7 Å². The number of nitrogens with one attached hydrogen (secondary N) is 3. The Balaban J connectivity index is 1.88. The Morgan fingerprint density at radius 2 is 1.50 bits per heavy atom. The van der Waals surface area contributed by atoms with Crippen LogP contribution in [0.3, 0.4) is 0 Å². The summed E-state index contributed by atoms with van der Waals surface area (Å²) in [5.74, 6) is -0.356. The maximum absolute atomic E-state index is 12.0. The van der Waals surface area contributed by atoms with E-state index in [1.165, 1.54) is 6.92 Å². The first-order chi connectivity index (χ1) is 11.4. The molecule has 0 atom stereocenters. The molecule has 0 spiro atoms. The second kappa shape index (κ2) is 8.42. The fourth-order valence-electron chi connectivity index (χ4n) is 1.95. The van der Waals surface area contributed by atoms with E-state index in [4.69, 9.17) is 23.8 Å². The summed E-state index contributed by atoms with van der Waals surface area (Å²) in [6.07, 6.45) is 0.268. The average molecular weight is 362 g/mol. The normalized spacial score (nSPS) is 9.92. The highest BCUT2D eigenvalue weighted by molar-refractivity contribution is 7.80. The van der Waals surface area contributed by atoms with Gasteiger partial charge in [-0.3, -0.25) is 9.59 Å². The first kappa shape index (κ1) is 17.9. The van der Waals surface area contributed by atoms with E-state index in [-0.39, 0.29) is 23.3 Å². The van der Waals surface area contributed by atoms with Gasteiger partial charge in [0.15, 0.2) is 5.11 Å². The van der Waals surface area contributed by atoms with Crippen LogP contribution in [0.25, 0.3) is 0 Å². The Morgan fingerprint density at radius 3 is 2.04 bits per heavy atom. The van der Waals surface area contributed by atoms with Gasteiger partial charge in [-0.05, 0) is 54.2 Å². The van der Waals surface area contributed by atoms with Crippen molar-refractivity contribution >= 4 is 52.1 Å². The summed E-state index contributed by atoms with van der Waals surface area (Å²) in [6, 6.07) is 14.1. The molecule has 0 aliphatic carbocycles. The third-order valence-corrected chi connectivity index (χ3v) is 3.45. The number of rotatable bonds is 4. The molecule has 0 aliphatic rings. The van der Waals surface area contributed by atoms with Crippen molar-refractivity contribution in [1.82, 2.24) is 5.32 Å². The van der Waals surface area contributed by atoms with Crippen LogP contribution in [0.15, 0.2) is 48.5 Å². The number of carbonyl (C=O) groups excluding carboxylic acids is 2. The number of thiocarbonyl (C=S) groups is 1. The maximum Gasteiger partial charge on any atom is 0.228 e. The van der Waals surface area contributed by atoms with Crippen molar-refractivity contribution in [2.75, 3.05) is 10.6 Å². The van der Waals surface area contributed by atoms with Crippen molar-refractivity contribution in [1.29, 1.82) is 0 Å². The zero-order chi connectivity index (χ0) is 17.5. The Hall–Kier alpha value is -2.44. The molecule has 0 heterocycles. The van der Waals surface area contributed by atoms with Crippen LogP contribution in [0, 0.1) is 0 Å². The van der Waals surface area contributed by atoms with Crippen LogP contribution in [-0.4, -0.2) is 16.9 Å². The molecule has 0 radical (unpaired) electrons. The van der Waals surface area contributed by atoms with Gasteiger partial charge >= 0.3 is 0 Å². The van der Waals surface area contributed by atoms with E-state index < -0.39 is 0 Å². The highest BCUT2D eigenvalue weighted by Gasteiger charge is 2.05. The fraction of sp³-hybridized carbons (Fsp3) is 0.118. The first-order valence-corrected chi connectivity index (χ1v) is 7.94. The summed E-state index contributed by atoms with van der Waals surface area (Å²) in [6.45, 7) is 1.38. The summed E-state index contributed by atoms with van der Waals surface area (Å²) in [7, 11) is 0. The van der Waals surface area contributed by atoms with Crippen molar-refractivity contribution in [3.63, 3.8) is 0 Å². The smallest absolute Gasteiger partial charge is 0.228 e. The third kappa shape index (κ3) is 5.98. The second-order valence-corrected chi connectivity index (χ2v) is 5.91. The zero-order valence-corrected chi connectivity index (χ0v) is 14.5. The van der Waals surface area contributed by atoms with Gasteiger partial charge in [-0.2, -0.15) is 0 Å². The van der Waals surface area contributed by atoms with E-state index in [1.54, 1.807) is 36.4 Å². The minimum absolute atomic E-state index is 0.119. The van der Waals surface area contributed by atoms with Crippen molar-refractivity contribution in [3.8, 4) is 0 Å². The Labute approximate surface area is 150 Å². The molecule has 2 amide bonds. The Kier molecular flexibility index (Phi) is 6.28. The standard InChI is InChI=1S/C17H16ClN3O2S/c1-11(22)19-17(24)21-15-8-6-14(7-9-15)20-16(23)10-12-2-4-13(18)5-3-12/h2-9H,10H2,1H3,(H,20,23)(H2,19,21,22,24). The molecule has 0 unspecified atom stereocenters. The highest BCUT2D eigenvalue weighted by Crippen LogP contribution is 2.15. The quantitative estimate of drug-likeness (QED) is 0.730. The Bertz CT molecular complexity index is 745. The molecule has 2 aromatic rings.